The van der Waals surface area contributed by atoms with Gasteiger partial charge in [0, 0.05) is 57.7 Å². The first-order valence-corrected chi connectivity index (χ1v) is 7.72. The predicted octanol–water partition coefficient (Wildman–Crippen LogP) is 1.16. The standard InChI is InChI=1S/C16H22N4O3/c1-19-8-13(9-20-5-3-14(10-20)22-2)15(18-19)16(21)17-7-12-4-6-23-11-12/h4,6,8,11,14H,3,5,7,9-10H2,1-2H3,(H,17,21). The van der Waals surface area contributed by atoms with E-state index in [4.69, 9.17) is 9.15 Å². The van der Waals surface area contributed by atoms with E-state index in [1.54, 1.807) is 24.3 Å². The van der Waals surface area contributed by atoms with Gasteiger partial charge in [-0.3, -0.25) is 14.4 Å². The first kappa shape index (κ1) is 15.8. The van der Waals surface area contributed by atoms with Crippen LogP contribution in [0.1, 0.15) is 28.0 Å². The second-order valence-corrected chi connectivity index (χ2v) is 5.87. The van der Waals surface area contributed by atoms with Crippen LogP contribution in [-0.4, -0.2) is 46.9 Å². The van der Waals surface area contributed by atoms with E-state index in [2.05, 4.69) is 15.3 Å². The average Bonchev–Trinajstić information content (AvgIpc) is 3.26. The molecule has 2 aromatic heterocycles. The SMILES string of the molecule is COC1CCN(Cc2cn(C)nc2C(=O)NCc2ccoc2)C1. The van der Waals surface area contributed by atoms with Crippen LogP contribution in [0.4, 0.5) is 0 Å². The lowest BCUT2D eigenvalue weighted by Gasteiger charge is -2.15. The van der Waals surface area contributed by atoms with Gasteiger partial charge < -0.3 is 14.5 Å². The number of carbonyl (C=O) groups is 1. The molecule has 0 spiro atoms. The molecule has 1 aliphatic heterocycles. The minimum atomic E-state index is -0.163. The maximum absolute atomic E-state index is 12.4. The minimum absolute atomic E-state index is 0.163. The van der Waals surface area contributed by atoms with E-state index < -0.39 is 0 Å². The molecule has 0 aliphatic carbocycles. The third-order valence-electron chi connectivity index (χ3n) is 4.11. The van der Waals surface area contributed by atoms with Crippen LogP contribution in [0.2, 0.25) is 0 Å². The molecule has 23 heavy (non-hydrogen) atoms. The minimum Gasteiger partial charge on any atom is -0.472 e. The smallest absolute Gasteiger partial charge is 0.272 e. The largest absolute Gasteiger partial charge is 0.472 e. The molecule has 0 bridgehead atoms. The molecule has 1 fully saturated rings. The molecule has 0 radical (unpaired) electrons. The van der Waals surface area contributed by atoms with Crippen LogP contribution >= 0.6 is 0 Å². The number of aryl methyl sites for hydroxylation is 1. The summed E-state index contributed by atoms with van der Waals surface area (Å²) >= 11 is 0. The molecule has 7 heteroatoms. The number of methoxy groups -OCH3 is 1. The van der Waals surface area contributed by atoms with E-state index >= 15 is 0 Å². The fourth-order valence-corrected chi connectivity index (χ4v) is 2.88. The number of nitrogens with zero attached hydrogens (tertiary/aromatic N) is 3. The molecule has 1 amide bonds. The Morgan fingerprint density at radius 1 is 1.57 bits per heavy atom. The fraction of sp³-hybridized carbons (Fsp3) is 0.500. The summed E-state index contributed by atoms with van der Waals surface area (Å²) in [6.07, 6.45) is 6.43. The Kier molecular flexibility index (Phi) is 4.78. The highest BCUT2D eigenvalue weighted by atomic mass is 16.5. The third kappa shape index (κ3) is 3.80. The number of hydrogen-bond donors (Lipinski definition) is 1. The van der Waals surface area contributed by atoms with Crippen molar-refractivity contribution in [3.05, 3.63) is 41.6 Å². The molecule has 3 rings (SSSR count). The van der Waals surface area contributed by atoms with E-state index in [1.165, 1.54) is 0 Å². The molecule has 0 aromatic carbocycles. The van der Waals surface area contributed by atoms with Crippen LogP contribution in [-0.2, 0) is 24.9 Å². The van der Waals surface area contributed by atoms with Gasteiger partial charge in [0.05, 0.1) is 18.6 Å². The van der Waals surface area contributed by atoms with Gasteiger partial charge in [0.1, 0.15) is 0 Å². The highest BCUT2D eigenvalue weighted by Crippen LogP contribution is 2.17. The van der Waals surface area contributed by atoms with Gasteiger partial charge in [0.2, 0.25) is 0 Å². The summed E-state index contributed by atoms with van der Waals surface area (Å²) in [5.41, 5.74) is 2.35. The number of nitrogens with one attached hydrogen (secondary N) is 1. The van der Waals surface area contributed by atoms with Crippen molar-refractivity contribution in [2.75, 3.05) is 20.2 Å². The van der Waals surface area contributed by atoms with Crippen LogP contribution in [0.3, 0.4) is 0 Å². The fourth-order valence-electron chi connectivity index (χ4n) is 2.88. The Labute approximate surface area is 135 Å². The van der Waals surface area contributed by atoms with E-state index in [0.717, 1.165) is 30.6 Å². The van der Waals surface area contributed by atoms with Crippen molar-refractivity contribution in [1.29, 1.82) is 0 Å². The Balaban J connectivity index is 1.64. The van der Waals surface area contributed by atoms with Crippen molar-refractivity contribution in [3.8, 4) is 0 Å². The van der Waals surface area contributed by atoms with Crippen LogP contribution in [0.15, 0.2) is 29.2 Å². The lowest BCUT2D eigenvalue weighted by Crippen LogP contribution is -2.27. The first-order chi connectivity index (χ1) is 11.2. The number of carbonyl (C=O) groups excluding carboxylic acids is 1. The van der Waals surface area contributed by atoms with Crippen molar-refractivity contribution in [3.63, 3.8) is 0 Å². The molecule has 3 heterocycles. The molecule has 1 aliphatic rings. The van der Waals surface area contributed by atoms with Gasteiger partial charge in [-0.2, -0.15) is 5.10 Å². The summed E-state index contributed by atoms with van der Waals surface area (Å²) in [7, 11) is 3.57. The number of ether oxygens (including phenoxy) is 1. The monoisotopic (exact) mass is 318 g/mol. The molecule has 7 nitrogen and oxygen atoms in total. The lowest BCUT2D eigenvalue weighted by atomic mass is 10.2. The van der Waals surface area contributed by atoms with Gasteiger partial charge in [0.15, 0.2) is 5.69 Å². The molecule has 1 atom stereocenters. The summed E-state index contributed by atoms with van der Waals surface area (Å²) in [5.74, 6) is -0.163. The van der Waals surface area contributed by atoms with E-state index in [9.17, 15) is 4.79 Å². The number of amides is 1. The molecule has 1 N–H and O–H groups in total. The van der Waals surface area contributed by atoms with Crippen LogP contribution in [0.5, 0.6) is 0 Å². The Morgan fingerprint density at radius 3 is 3.13 bits per heavy atom. The molecule has 0 saturated carbocycles. The van der Waals surface area contributed by atoms with Crippen molar-refractivity contribution >= 4 is 5.91 Å². The van der Waals surface area contributed by atoms with Gasteiger partial charge >= 0.3 is 0 Å². The maximum atomic E-state index is 12.4. The molecule has 2 aromatic rings. The molecule has 124 valence electrons. The van der Waals surface area contributed by atoms with Crippen molar-refractivity contribution < 1.29 is 13.9 Å². The molecular formula is C16H22N4O3. The van der Waals surface area contributed by atoms with Gasteiger partial charge in [-0.1, -0.05) is 0 Å². The zero-order chi connectivity index (χ0) is 16.2. The van der Waals surface area contributed by atoms with E-state index in [-0.39, 0.29) is 12.0 Å². The van der Waals surface area contributed by atoms with E-state index in [0.29, 0.717) is 18.8 Å². The normalized spacial score (nSPS) is 18.4. The Hall–Kier alpha value is -2.12. The second kappa shape index (κ2) is 6.97. The summed E-state index contributed by atoms with van der Waals surface area (Å²) < 4.78 is 12.1. The van der Waals surface area contributed by atoms with Crippen LogP contribution in [0.25, 0.3) is 0 Å². The molecule has 1 saturated heterocycles. The number of rotatable bonds is 6. The van der Waals surface area contributed by atoms with E-state index in [1.807, 2.05) is 19.3 Å². The predicted molar refractivity (Wildman–Crippen MR) is 83.8 cm³/mol. The van der Waals surface area contributed by atoms with Gasteiger partial charge in [-0.15, -0.1) is 0 Å². The lowest BCUT2D eigenvalue weighted by molar-refractivity contribution is 0.0942. The Morgan fingerprint density at radius 2 is 2.43 bits per heavy atom. The zero-order valence-corrected chi connectivity index (χ0v) is 13.5. The summed E-state index contributed by atoms with van der Waals surface area (Å²) in [5, 5.41) is 7.20. The molecular weight excluding hydrogens is 296 g/mol. The van der Waals surface area contributed by atoms with Crippen LogP contribution < -0.4 is 5.32 Å². The summed E-state index contributed by atoms with van der Waals surface area (Å²) in [4.78, 5) is 14.7. The van der Waals surface area contributed by atoms with Crippen molar-refractivity contribution in [1.82, 2.24) is 20.0 Å². The Bertz CT molecular complexity index is 650. The van der Waals surface area contributed by atoms with Crippen molar-refractivity contribution in [2.45, 2.75) is 25.6 Å². The zero-order valence-electron chi connectivity index (χ0n) is 13.5. The van der Waals surface area contributed by atoms with Gasteiger partial charge in [-0.05, 0) is 12.5 Å². The highest BCUT2D eigenvalue weighted by Gasteiger charge is 2.25. The van der Waals surface area contributed by atoms with Crippen molar-refractivity contribution in [2.24, 2.45) is 7.05 Å². The highest BCUT2D eigenvalue weighted by molar-refractivity contribution is 5.93. The number of aromatic nitrogens is 2. The number of hydrogen-bond acceptors (Lipinski definition) is 5. The first-order valence-electron chi connectivity index (χ1n) is 7.72. The second-order valence-electron chi connectivity index (χ2n) is 5.87. The number of likely N-dealkylation sites (tertiary alicyclic amines) is 1. The van der Waals surface area contributed by atoms with Gasteiger partial charge in [-0.25, -0.2) is 0 Å². The van der Waals surface area contributed by atoms with Gasteiger partial charge in [0.25, 0.3) is 5.91 Å². The maximum Gasteiger partial charge on any atom is 0.272 e. The third-order valence-corrected chi connectivity index (χ3v) is 4.11. The topological polar surface area (TPSA) is 72.5 Å². The number of furan rings is 1. The summed E-state index contributed by atoms with van der Waals surface area (Å²) in [6, 6.07) is 1.83. The summed E-state index contributed by atoms with van der Waals surface area (Å²) in [6.45, 7) is 3.01. The quantitative estimate of drug-likeness (QED) is 0.865. The average molecular weight is 318 g/mol. The molecule has 1 unspecified atom stereocenters. The van der Waals surface area contributed by atoms with Crippen LogP contribution in [0, 0.1) is 0 Å².